The van der Waals surface area contributed by atoms with E-state index in [9.17, 15) is 14.4 Å². The zero-order chi connectivity index (χ0) is 19.2. The van der Waals surface area contributed by atoms with Crippen LogP contribution in [0.5, 0.6) is 5.75 Å². The number of amides is 3. The van der Waals surface area contributed by atoms with Crippen LogP contribution in [0.2, 0.25) is 0 Å². The Bertz CT molecular complexity index is 649. The number of hydrogen-bond acceptors (Lipinski definition) is 5. The molecule has 0 aromatic heterocycles. The standard InChI is InChI=1S/C18H26N2O5/c1-11-7-8-14(12(2)9-11)24-10-15(21)25-13(3)16(22)19-17(23)20-18(4,5)6/h7-9,13H,10H2,1-6H3,(H2,19,20,22,23)/t13-/m1/s1. The van der Waals surface area contributed by atoms with Gasteiger partial charge in [-0.25, -0.2) is 9.59 Å². The number of nitrogens with one attached hydrogen (secondary N) is 2. The predicted molar refractivity (Wildman–Crippen MR) is 93.4 cm³/mol. The summed E-state index contributed by atoms with van der Waals surface area (Å²) in [4.78, 5) is 35.3. The number of benzene rings is 1. The summed E-state index contributed by atoms with van der Waals surface area (Å²) in [5.74, 6) is -0.829. The molecule has 0 aliphatic carbocycles. The monoisotopic (exact) mass is 350 g/mol. The highest BCUT2D eigenvalue weighted by Crippen LogP contribution is 2.18. The van der Waals surface area contributed by atoms with Crippen LogP contribution in [0.4, 0.5) is 4.79 Å². The van der Waals surface area contributed by atoms with Crippen molar-refractivity contribution < 1.29 is 23.9 Å². The van der Waals surface area contributed by atoms with Gasteiger partial charge < -0.3 is 14.8 Å². The Morgan fingerprint density at radius 3 is 2.36 bits per heavy atom. The number of imide groups is 1. The molecule has 1 atom stereocenters. The van der Waals surface area contributed by atoms with E-state index in [4.69, 9.17) is 9.47 Å². The molecule has 0 fully saturated rings. The average molecular weight is 350 g/mol. The number of urea groups is 1. The first-order chi connectivity index (χ1) is 11.5. The molecule has 0 aliphatic heterocycles. The highest BCUT2D eigenvalue weighted by Gasteiger charge is 2.22. The summed E-state index contributed by atoms with van der Waals surface area (Å²) >= 11 is 0. The van der Waals surface area contributed by atoms with Crippen molar-refractivity contribution in [2.75, 3.05) is 6.61 Å². The van der Waals surface area contributed by atoms with Crippen molar-refractivity contribution in [2.24, 2.45) is 0 Å². The van der Waals surface area contributed by atoms with Gasteiger partial charge in [-0.3, -0.25) is 10.1 Å². The lowest BCUT2D eigenvalue weighted by Crippen LogP contribution is -2.50. The third-order valence-electron chi connectivity index (χ3n) is 3.08. The second-order valence-corrected chi connectivity index (χ2v) is 6.88. The van der Waals surface area contributed by atoms with Crippen LogP contribution in [0.3, 0.4) is 0 Å². The van der Waals surface area contributed by atoms with Gasteiger partial charge in [-0.1, -0.05) is 17.7 Å². The van der Waals surface area contributed by atoms with E-state index < -0.39 is 29.6 Å². The third-order valence-corrected chi connectivity index (χ3v) is 3.08. The average Bonchev–Trinajstić information content (AvgIpc) is 2.44. The van der Waals surface area contributed by atoms with Crippen LogP contribution < -0.4 is 15.4 Å². The summed E-state index contributed by atoms with van der Waals surface area (Å²) in [6, 6.07) is 4.93. The fourth-order valence-corrected chi connectivity index (χ4v) is 1.97. The number of esters is 1. The Kier molecular flexibility index (Phi) is 6.97. The third kappa shape index (κ3) is 7.69. The summed E-state index contributed by atoms with van der Waals surface area (Å²) in [6.45, 7) is 10.2. The number of aryl methyl sites for hydroxylation is 2. The minimum atomic E-state index is -1.11. The Labute approximate surface area is 148 Å². The fourth-order valence-electron chi connectivity index (χ4n) is 1.97. The molecule has 0 spiro atoms. The number of carbonyl (C=O) groups is 3. The maximum atomic E-state index is 11.9. The Morgan fingerprint density at radius 1 is 1.16 bits per heavy atom. The van der Waals surface area contributed by atoms with Crippen molar-refractivity contribution in [3.8, 4) is 5.75 Å². The highest BCUT2D eigenvalue weighted by atomic mass is 16.6. The summed E-state index contributed by atoms with van der Waals surface area (Å²) in [7, 11) is 0. The van der Waals surface area contributed by atoms with Crippen LogP contribution >= 0.6 is 0 Å². The second-order valence-electron chi connectivity index (χ2n) is 6.88. The van der Waals surface area contributed by atoms with Gasteiger partial charge in [0, 0.05) is 5.54 Å². The minimum absolute atomic E-state index is 0.324. The number of hydrogen-bond donors (Lipinski definition) is 2. The topological polar surface area (TPSA) is 93.7 Å². The maximum Gasteiger partial charge on any atom is 0.344 e. The van der Waals surface area contributed by atoms with Gasteiger partial charge in [0.15, 0.2) is 12.7 Å². The van der Waals surface area contributed by atoms with Gasteiger partial charge in [-0.2, -0.15) is 0 Å². The molecule has 7 heteroatoms. The Hall–Kier alpha value is -2.57. The van der Waals surface area contributed by atoms with Crippen molar-refractivity contribution >= 4 is 17.9 Å². The van der Waals surface area contributed by atoms with Gasteiger partial charge in [0.1, 0.15) is 5.75 Å². The molecule has 7 nitrogen and oxygen atoms in total. The van der Waals surface area contributed by atoms with Crippen molar-refractivity contribution in [2.45, 2.75) is 53.2 Å². The number of ether oxygens (including phenoxy) is 2. The van der Waals surface area contributed by atoms with Gasteiger partial charge in [0.25, 0.3) is 5.91 Å². The van der Waals surface area contributed by atoms with Crippen LogP contribution in [-0.4, -0.2) is 36.2 Å². The van der Waals surface area contributed by atoms with E-state index in [1.54, 1.807) is 26.8 Å². The van der Waals surface area contributed by atoms with Crippen LogP contribution in [0.15, 0.2) is 18.2 Å². The smallest absolute Gasteiger partial charge is 0.344 e. The van der Waals surface area contributed by atoms with Crippen molar-refractivity contribution in [1.29, 1.82) is 0 Å². The molecule has 1 aromatic carbocycles. The Morgan fingerprint density at radius 2 is 1.80 bits per heavy atom. The Balaban J connectivity index is 2.45. The molecular weight excluding hydrogens is 324 g/mol. The summed E-state index contributed by atoms with van der Waals surface area (Å²) in [6.07, 6.45) is -1.11. The van der Waals surface area contributed by atoms with Gasteiger partial charge in [-0.05, 0) is 53.2 Å². The van der Waals surface area contributed by atoms with Crippen LogP contribution in [0.25, 0.3) is 0 Å². The molecule has 138 valence electrons. The normalized spacial score (nSPS) is 12.1. The molecule has 25 heavy (non-hydrogen) atoms. The molecule has 0 radical (unpaired) electrons. The lowest BCUT2D eigenvalue weighted by atomic mass is 10.1. The van der Waals surface area contributed by atoms with E-state index in [2.05, 4.69) is 10.6 Å². The zero-order valence-electron chi connectivity index (χ0n) is 15.6. The van der Waals surface area contributed by atoms with E-state index >= 15 is 0 Å². The van der Waals surface area contributed by atoms with Gasteiger partial charge in [-0.15, -0.1) is 0 Å². The molecular formula is C18H26N2O5. The minimum Gasteiger partial charge on any atom is -0.482 e. The van der Waals surface area contributed by atoms with E-state index in [0.29, 0.717) is 5.75 Å². The fraction of sp³-hybridized carbons (Fsp3) is 0.500. The molecule has 1 aromatic rings. The van der Waals surface area contributed by atoms with Crippen molar-refractivity contribution in [3.05, 3.63) is 29.3 Å². The van der Waals surface area contributed by atoms with E-state index in [0.717, 1.165) is 11.1 Å². The van der Waals surface area contributed by atoms with Gasteiger partial charge >= 0.3 is 12.0 Å². The van der Waals surface area contributed by atoms with E-state index in [1.165, 1.54) is 6.92 Å². The molecule has 0 aliphatic rings. The summed E-state index contributed by atoms with van der Waals surface area (Å²) in [5.41, 5.74) is 1.51. The number of rotatable bonds is 5. The van der Waals surface area contributed by atoms with Crippen molar-refractivity contribution in [1.82, 2.24) is 10.6 Å². The molecule has 0 saturated heterocycles. The van der Waals surface area contributed by atoms with Crippen molar-refractivity contribution in [3.63, 3.8) is 0 Å². The molecule has 0 bridgehead atoms. The summed E-state index contributed by atoms with van der Waals surface area (Å²) in [5, 5.41) is 4.70. The molecule has 0 heterocycles. The maximum absolute atomic E-state index is 11.9. The zero-order valence-corrected chi connectivity index (χ0v) is 15.6. The van der Waals surface area contributed by atoms with Gasteiger partial charge in [0.05, 0.1) is 0 Å². The lowest BCUT2D eigenvalue weighted by Gasteiger charge is -2.21. The van der Waals surface area contributed by atoms with Crippen LogP contribution in [0, 0.1) is 13.8 Å². The first kappa shape index (κ1) is 20.5. The first-order valence-electron chi connectivity index (χ1n) is 8.00. The molecule has 2 N–H and O–H groups in total. The van der Waals surface area contributed by atoms with Crippen LogP contribution in [0.1, 0.15) is 38.8 Å². The molecule has 0 saturated carbocycles. The molecule has 3 amide bonds. The lowest BCUT2D eigenvalue weighted by molar-refractivity contribution is -0.156. The number of carbonyl (C=O) groups excluding carboxylic acids is 3. The highest BCUT2D eigenvalue weighted by molar-refractivity contribution is 5.97. The second kappa shape index (κ2) is 8.50. The summed E-state index contributed by atoms with van der Waals surface area (Å²) < 4.78 is 10.4. The van der Waals surface area contributed by atoms with E-state index in [1.807, 2.05) is 26.0 Å². The molecule has 0 unspecified atom stereocenters. The quantitative estimate of drug-likeness (QED) is 0.794. The molecule has 1 rings (SSSR count). The largest absolute Gasteiger partial charge is 0.482 e. The van der Waals surface area contributed by atoms with E-state index in [-0.39, 0.29) is 6.61 Å². The van der Waals surface area contributed by atoms with Gasteiger partial charge in [0.2, 0.25) is 0 Å². The van der Waals surface area contributed by atoms with Crippen LogP contribution in [-0.2, 0) is 14.3 Å². The SMILES string of the molecule is Cc1ccc(OCC(=O)O[C@H](C)C(=O)NC(=O)NC(C)(C)C)c(C)c1. The first-order valence-corrected chi connectivity index (χ1v) is 8.00. The predicted octanol–water partition coefficient (Wildman–Crippen LogP) is 2.24.